The molecule has 0 aromatic heterocycles. The van der Waals surface area contributed by atoms with Crippen molar-refractivity contribution in [1.29, 1.82) is 0 Å². The molecule has 0 saturated carbocycles. The Morgan fingerprint density at radius 3 is 2.40 bits per heavy atom. The highest BCUT2D eigenvalue weighted by atomic mass is 16.5. The Morgan fingerprint density at radius 2 is 1.93 bits per heavy atom. The van der Waals surface area contributed by atoms with Gasteiger partial charge in [-0.05, 0) is 37.0 Å². The number of hydrogen-bond donors (Lipinski definition) is 2. The first kappa shape index (κ1) is 12.9. The van der Waals surface area contributed by atoms with E-state index < -0.39 is 0 Å². The molecule has 3 N–H and O–H groups in total. The van der Waals surface area contributed by atoms with Crippen molar-refractivity contribution < 1.29 is 4.74 Å². The van der Waals surface area contributed by atoms with Crippen LogP contribution in [0.4, 0.5) is 0 Å². The van der Waals surface area contributed by atoms with E-state index in [0.717, 1.165) is 26.1 Å². The molecular weight excluding hydrogens is 188 g/mol. The van der Waals surface area contributed by atoms with Gasteiger partial charge in [-0.1, -0.05) is 20.8 Å². The summed E-state index contributed by atoms with van der Waals surface area (Å²) < 4.78 is 5.37. The first-order valence-electron chi connectivity index (χ1n) is 6.07. The van der Waals surface area contributed by atoms with Crippen LogP contribution in [0.3, 0.4) is 0 Å². The molecule has 0 radical (unpaired) electrons. The van der Waals surface area contributed by atoms with E-state index in [9.17, 15) is 0 Å². The Labute approximate surface area is 93.7 Å². The van der Waals surface area contributed by atoms with Gasteiger partial charge in [0.15, 0.2) is 0 Å². The van der Waals surface area contributed by atoms with Gasteiger partial charge in [-0.3, -0.25) is 11.3 Å². The van der Waals surface area contributed by atoms with Crippen LogP contribution in [0.25, 0.3) is 0 Å². The van der Waals surface area contributed by atoms with E-state index in [1.807, 2.05) is 0 Å². The molecule has 0 amide bonds. The zero-order chi connectivity index (χ0) is 11.3. The van der Waals surface area contributed by atoms with E-state index in [1.165, 1.54) is 12.8 Å². The normalized spacial score (nSPS) is 21.6. The zero-order valence-electron chi connectivity index (χ0n) is 10.4. The number of nitrogens with one attached hydrogen (secondary N) is 1. The third-order valence-corrected chi connectivity index (χ3v) is 3.25. The minimum atomic E-state index is 0.403. The number of hydrogen-bond acceptors (Lipinski definition) is 3. The summed E-state index contributed by atoms with van der Waals surface area (Å²) in [6.07, 6.45) is 4.70. The quantitative estimate of drug-likeness (QED) is 0.556. The number of hydrazine groups is 1. The van der Waals surface area contributed by atoms with Crippen LogP contribution in [0.2, 0.25) is 0 Å². The number of nitrogens with two attached hydrogens (primary N) is 1. The van der Waals surface area contributed by atoms with Gasteiger partial charge in [0.05, 0.1) is 0 Å². The van der Waals surface area contributed by atoms with Gasteiger partial charge in [0.25, 0.3) is 0 Å². The summed E-state index contributed by atoms with van der Waals surface area (Å²) in [4.78, 5) is 0. The highest BCUT2D eigenvalue weighted by molar-refractivity contribution is 4.78. The van der Waals surface area contributed by atoms with Crippen LogP contribution in [-0.4, -0.2) is 19.3 Å². The van der Waals surface area contributed by atoms with Crippen molar-refractivity contribution in [3.8, 4) is 0 Å². The van der Waals surface area contributed by atoms with Gasteiger partial charge in [-0.15, -0.1) is 0 Å². The molecule has 1 aliphatic rings. The average Bonchev–Trinajstić information content (AvgIpc) is 2.19. The summed E-state index contributed by atoms with van der Waals surface area (Å²) in [6, 6.07) is 0.466. The minimum Gasteiger partial charge on any atom is -0.381 e. The predicted molar refractivity (Wildman–Crippen MR) is 63.3 cm³/mol. The average molecular weight is 214 g/mol. The lowest BCUT2D eigenvalue weighted by Crippen LogP contribution is -2.43. The summed E-state index contributed by atoms with van der Waals surface area (Å²) in [5.74, 6) is 6.34. The predicted octanol–water partition coefficient (Wildman–Crippen LogP) is 2.07. The molecule has 1 fully saturated rings. The largest absolute Gasteiger partial charge is 0.381 e. The number of rotatable bonds is 4. The second-order valence-electron chi connectivity index (χ2n) is 5.82. The Balaban J connectivity index is 2.34. The van der Waals surface area contributed by atoms with Crippen LogP contribution >= 0.6 is 0 Å². The standard InChI is InChI=1S/C12H26N2O/c1-12(2,3)7-4-11(14-13)10-5-8-15-9-6-10/h10-11,14H,4-9,13H2,1-3H3. The second kappa shape index (κ2) is 5.83. The molecule has 1 rings (SSSR count). The highest BCUT2D eigenvalue weighted by Gasteiger charge is 2.24. The van der Waals surface area contributed by atoms with Gasteiger partial charge in [-0.25, -0.2) is 0 Å². The summed E-state index contributed by atoms with van der Waals surface area (Å²) in [6.45, 7) is 8.65. The lowest BCUT2D eigenvalue weighted by molar-refractivity contribution is 0.0510. The molecule has 3 heteroatoms. The summed E-state index contributed by atoms with van der Waals surface area (Å²) >= 11 is 0. The molecule has 0 aromatic carbocycles. The minimum absolute atomic E-state index is 0.403. The van der Waals surface area contributed by atoms with E-state index in [0.29, 0.717) is 17.4 Å². The third-order valence-electron chi connectivity index (χ3n) is 3.25. The molecular formula is C12H26N2O. The van der Waals surface area contributed by atoms with E-state index in [2.05, 4.69) is 26.2 Å². The van der Waals surface area contributed by atoms with E-state index in [-0.39, 0.29) is 0 Å². The maximum absolute atomic E-state index is 5.64. The highest BCUT2D eigenvalue weighted by Crippen LogP contribution is 2.26. The first-order valence-corrected chi connectivity index (χ1v) is 6.07. The molecule has 3 nitrogen and oxygen atoms in total. The third kappa shape index (κ3) is 4.96. The lowest BCUT2D eigenvalue weighted by Gasteiger charge is -2.31. The first-order chi connectivity index (χ1) is 7.03. The molecule has 15 heavy (non-hydrogen) atoms. The van der Waals surface area contributed by atoms with Crippen molar-refractivity contribution in [3.63, 3.8) is 0 Å². The van der Waals surface area contributed by atoms with Crippen LogP contribution < -0.4 is 11.3 Å². The van der Waals surface area contributed by atoms with Gasteiger partial charge < -0.3 is 4.74 Å². The summed E-state index contributed by atoms with van der Waals surface area (Å²) in [5.41, 5.74) is 3.39. The van der Waals surface area contributed by atoms with Crippen LogP contribution in [0.1, 0.15) is 46.5 Å². The fraction of sp³-hybridized carbons (Fsp3) is 1.00. The SMILES string of the molecule is CC(C)(C)CCC(NN)C1CCOCC1. The molecule has 0 spiro atoms. The smallest absolute Gasteiger partial charge is 0.0469 e. The zero-order valence-corrected chi connectivity index (χ0v) is 10.4. The molecule has 90 valence electrons. The molecule has 1 aliphatic heterocycles. The number of ether oxygens (including phenoxy) is 1. The van der Waals surface area contributed by atoms with Crippen LogP contribution in [0.15, 0.2) is 0 Å². The summed E-state index contributed by atoms with van der Waals surface area (Å²) in [7, 11) is 0. The molecule has 1 unspecified atom stereocenters. The van der Waals surface area contributed by atoms with Crippen molar-refractivity contribution in [1.82, 2.24) is 5.43 Å². The fourth-order valence-electron chi connectivity index (χ4n) is 2.16. The van der Waals surface area contributed by atoms with Crippen LogP contribution in [0, 0.1) is 11.3 Å². The van der Waals surface area contributed by atoms with Gasteiger partial charge >= 0.3 is 0 Å². The van der Waals surface area contributed by atoms with E-state index in [4.69, 9.17) is 10.6 Å². The van der Waals surface area contributed by atoms with Crippen molar-refractivity contribution in [2.45, 2.75) is 52.5 Å². The van der Waals surface area contributed by atoms with Crippen LogP contribution in [0.5, 0.6) is 0 Å². The van der Waals surface area contributed by atoms with Gasteiger partial charge in [-0.2, -0.15) is 0 Å². The molecule has 1 saturated heterocycles. The molecule has 0 aliphatic carbocycles. The Hall–Kier alpha value is -0.120. The maximum Gasteiger partial charge on any atom is 0.0469 e. The van der Waals surface area contributed by atoms with Crippen molar-refractivity contribution in [2.24, 2.45) is 17.2 Å². The van der Waals surface area contributed by atoms with Crippen molar-refractivity contribution in [3.05, 3.63) is 0 Å². The molecule has 0 bridgehead atoms. The van der Waals surface area contributed by atoms with Crippen molar-refractivity contribution >= 4 is 0 Å². The Kier molecular flexibility index (Phi) is 5.03. The monoisotopic (exact) mass is 214 g/mol. The second-order valence-corrected chi connectivity index (χ2v) is 5.82. The van der Waals surface area contributed by atoms with E-state index in [1.54, 1.807) is 0 Å². The Morgan fingerprint density at radius 1 is 1.33 bits per heavy atom. The fourth-order valence-corrected chi connectivity index (χ4v) is 2.16. The van der Waals surface area contributed by atoms with Gasteiger partial charge in [0, 0.05) is 19.3 Å². The van der Waals surface area contributed by atoms with Gasteiger partial charge in [0.1, 0.15) is 0 Å². The van der Waals surface area contributed by atoms with E-state index >= 15 is 0 Å². The van der Waals surface area contributed by atoms with Crippen molar-refractivity contribution in [2.75, 3.05) is 13.2 Å². The lowest BCUT2D eigenvalue weighted by atomic mass is 9.83. The maximum atomic E-state index is 5.64. The topological polar surface area (TPSA) is 47.3 Å². The molecule has 0 aromatic rings. The molecule has 1 heterocycles. The van der Waals surface area contributed by atoms with Crippen LogP contribution in [-0.2, 0) is 4.74 Å². The molecule has 1 atom stereocenters. The Bertz CT molecular complexity index is 171. The van der Waals surface area contributed by atoms with Gasteiger partial charge in [0.2, 0.25) is 0 Å². The summed E-state index contributed by atoms with van der Waals surface area (Å²) in [5, 5.41) is 0.